The fourth-order valence-corrected chi connectivity index (χ4v) is 2.08. The van der Waals surface area contributed by atoms with E-state index in [-0.39, 0.29) is 24.5 Å². The largest absolute Gasteiger partial charge is 0.484 e. The maximum atomic E-state index is 12.0. The second-order valence-corrected chi connectivity index (χ2v) is 5.24. The van der Waals surface area contributed by atoms with E-state index < -0.39 is 0 Å². The Morgan fingerprint density at radius 3 is 2.90 bits per heavy atom. The van der Waals surface area contributed by atoms with Crippen molar-refractivity contribution in [2.45, 2.75) is 18.9 Å². The predicted octanol–water partition coefficient (Wildman–Crippen LogP) is 0.844. The summed E-state index contributed by atoms with van der Waals surface area (Å²) in [6, 6.07) is 6.94. The molecule has 0 spiro atoms. The Labute approximate surface area is 124 Å². The van der Waals surface area contributed by atoms with E-state index in [1.54, 1.807) is 38.4 Å². The zero-order chi connectivity index (χ0) is 15.2. The third-order valence-electron chi connectivity index (χ3n) is 3.34. The zero-order valence-corrected chi connectivity index (χ0v) is 12.4. The van der Waals surface area contributed by atoms with Crippen molar-refractivity contribution in [2.24, 2.45) is 0 Å². The van der Waals surface area contributed by atoms with E-state index in [1.165, 1.54) is 4.90 Å². The Balaban J connectivity index is 1.91. The van der Waals surface area contributed by atoms with Gasteiger partial charge in [-0.15, -0.1) is 0 Å². The number of ether oxygens (including phenoxy) is 1. The summed E-state index contributed by atoms with van der Waals surface area (Å²) in [5.41, 5.74) is 0.670. The van der Waals surface area contributed by atoms with E-state index in [0.717, 1.165) is 19.4 Å². The standard InChI is InChI=1S/C15H21N3O3/c1-18(2)14(19)10-21-12-6-3-5-11(9-12)17-15(20)13-7-4-8-16-13/h3,5-6,9,13,16H,4,7-8,10H2,1-2H3,(H,17,20). The smallest absolute Gasteiger partial charge is 0.259 e. The van der Waals surface area contributed by atoms with Crippen molar-refractivity contribution in [3.05, 3.63) is 24.3 Å². The van der Waals surface area contributed by atoms with Gasteiger partial charge in [0.15, 0.2) is 6.61 Å². The molecule has 0 aliphatic carbocycles. The van der Waals surface area contributed by atoms with Crippen molar-refractivity contribution in [3.63, 3.8) is 0 Å². The average Bonchev–Trinajstić information content (AvgIpc) is 2.99. The summed E-state index contributed by atoms with van der Waals surface area (Å²) in [5.74, 6) is 0.413. The van der Waals surface area contributed by atoms with Crippen LogP contribution in [-0.2, 0) is 9.59 Å². The van der Waals surface area contributed by atoms with Gasteiger partial charge in [0.1, 0.15) is 5.75 Å². The molecule has 1 aromatic rings. The molecule has 2 amide bonds. The second kappa shape index (κ2) is 7.08. The molecule has 1 fully saturated rings. The Morgan fingerprint density at radius 1 is 1.43 bits per heavy atom. The molecular formula is C15H21N3O3. The minimum atomic E-state index is -0.120. The van der Waals surface area contributed by atoms with Gasteiger partial charge in [-0.2, -0.15) is 0 Å². The molecule has 1 heterocycles. The van der Waals surface area contributed by atoms with Gasteiger partial charge in [0, 0.05) is 25.8 Å². The lowest BCUT2D eigenvalue weighted by Crippen LogP contribution is -2.35. The molecule has 0 radical (unpaired) electrons. The van der Waals surface area contributed by atoms with Crippen molar-refractivity contribution >= 4 is 17.5 Å². The number of carbonyl (C=O) groups is 2. The van der Waals surface area contributed by atoms with E-state index in [0.29, 0.717) is 11.4 Å². The highest BCUT2D eigenvalue weighted by Gasteiger charge is 2.21. The van der Waals surface area contributed by atoms with Crippen LogP contribution in [0.5, 0.6) is 5.75 Å². The van der Waals surface area contributed by atoms with Crippen LogP contribution in [0.1, 0.15) is 12.8 Å². The van der Waals surface area contributed by atoms with Crippen LogP contribution in [0.15, 0.2) is 24.3 Å². The molecule has 1 aliphatic rings. The summed E-state index contributed by atoms with van der Waals surface area (Å²) < 4.78 is 5.42. The van der Waals surface area contributed by atoms with E-state index in [9.17, 15) is 9.59 Å². The Hall–Kier alpha value is -2.08. The lowest BCUT2D eigenvalue weighted by molar-refractivity contribution is -0.130. The monoisotopic (exact) mass is 291 g/mol. The van der Waals surface area contributed by atoms with Crippen LogP contribution in [0.4, 0.5) is 5.69 Å². The number of hydrogen-bond donors (Lipinski definition) is 2. The molecule has 1 atom stereocenters. The van der Waals surface area contributed by atoms with Crippen LogP contribution >= 0.6 is 0 Å². The molecule has 1 saturated heterocycles. The molecule has 1 aliphatic heterocycles. The first-order chi connectivity index (χ1) is 10.1. The molecule has 114 valence electrons. The molecule has 0 saturated carbocycles. The molecular weight excluding hydrogens is 270 g/mol. The minimum absolute atomic E-state index is 0.0193. The predicted molar refractivity (Wildman–Crippen MR) is 80.3 cm³/mol. The molecule has 6 nitrogen and oxygen atoms in total. The number of nitrogens with zero attached hydrogens (tertiary/aromatic N) is 1. The van der Waals surface area contributed by atoms with Crippen LogP contribution in [0.2, 0.25) is 0 Å². The number of anilines is 1. The Kier molecular flexibility index (Phi) is 5.16. The van der Waals surface area contributed by atoms with Gasteiger partial charge in [0.2, 0.25) is 5.91 Å². The molecule has 1 aromatic carbocycles. The fraction of sp³-hybridized carbons (Fsp3) is 0.467. The first-order valence-corrected chi connectivity index (χ1v) is 7.03. The van der Waals surface area contributed by atoms with Gasteiger partial charge < -0.3 is 20.3 Å². The van der Waals surface area contributed by atoms with E-state index in [2.05, 4.69) is 10.6 Å². The molecule has 0 bridgehead atoms. The molecule has 21 heavy (non-hydrogen) atoms. The van der Waals surface area contributed by atoms with E-state index in [4.69, 9.17) is 4.74 Å². The minimum Gasteiger partial charge on any atom is -0.484 e. The quantitative estimate of drug-likeness (QED) is 0.843. The zero-order valence-electron chi connectivity index (χ0n) is 12.4. The Morgan fingerprint density at radius 2 is 2.24 bits per heavy atom. The third kappa shape index (κ3) is 4.46. The highest BCUT2D eigenvalue weighted by Crippen LogP contribution is 2.18. The summed E-state index contributed by atoms with van der Waals surface area (Å²) >= 11 is 0. The van der Waals surface area contributed by atoms with Crippen molar-refractivity contribution in [2.75, 3.05) is 32.6 Å². The SMILES string of the molecule is CN(C)C(=O)COc1cccc(NC(=O)C2CCCN2)c1. The number of rotatable bonds is 5. The summed E-state index contributed by atoms with van der Waals surface area (Å²) in [7, 11) is 3.36. The lowest BCUT2D eigenvalue weighted by atomic mass is 10.2. The molecule has 2 rings (SSSR count). The average molecular weight is 291 g/mol. The van der Waals surface area contributed by atoms with Gasteiger partial charge in [0.25, 0.3) is 5.91 Å². The number of nitrogens with one attached hydrogen (secondary N) is 2. The van der Waals surface area contributed by atoms with Crippen LogP contribution in [0.25, 0.3) is 0 Å². The summed E-state index contributed by atoms with van der Waals surface area (Å²) in [6.07, 6.45) is 1.88. The van der Waals surface area contributed by atoms with Crippen molar-refractivity contribution in [1.29, 1.82) is 0 Å². The highest BCUT2D eigenvalue weighted by molar-refractivity contribution is 5.95. The van der Waals surface area contributed by atoms with Crippen LogP contribution in [0, 0.1) is 0 Å². The van der Waals surface area contributed by atoms with E-state index in [1.807, 2.05) is 0 Å². The maximum absolute atomic E-state index is 12.0. The number of amides is 2. The van der Waals surface area contributed by atoms with Crippen molar-refractivity contribution in [3.8, 4) is 5.75 Å². The normalized spacial score (nSPS) is 17.3. The van der Waals surface area contributed by atoms with E-state index >= 15 is 0 Å². The van der Waals surface area contributed by atoms with Gasteiger partial charge in [-0.1, -0.05) is 6.07 Å². The van der Waals surface area contributed by atoms with Crippen LogP contribution in [-0.4, -0.2) is 50.0 Å². The van der Waals surface area contributed by atoms with Gasteiger partial charge in [-0.25, -0.2) is 0 Å². The first-order valence-electron chi connectivity index (χ1n) is 7.03. The summed E-state index contributed by atoms with van der Waals surface area (Å²) in [6.45, 7) is 0.864. The van der Waals surface area contributed by atoms with Crippen LogP contribution in [0.3, 0.4) is 0 Å². The molecule has 6 heteroatoms. The third-order valence-corrected chi connectivity index (χ3v) is 3.34. The first kappa shape index (κ1) is 15.3. The summed E-state index contributed by atoms with van der Waals surface area (Å²) in [5, 5.41) is 6.01. The number of likely N-dealkylation sites (N-methyl/N-ethyl adjacent to an activating group) is 1. The molecule has 2 N–H and O–H groups in total. The number of benzene rings is 1. The van der Waals surface area contributed by atoms with Gasteiger partial charge in [-0.3, -0.25) is 9.59 Å². The van der Waals surface area contributed by atoms with Crippen molar-refractivity contribution in [1.82, 2.24) is 10.2 Å². The molecule has 1 unspecified atom stereocenters. The molecule has 0 aromatic heterocycles. The van der Waals surface area contributed by atoms with Crippen molar-refractivity contribution < 1.29 is 14.3 Å². The Bertz CT molecular complexity index is 511. The highest BCUT2D eigenvalue weighted by atomic mass is 16.5. The van der Waals surface area contributed by atoms with Crippen LogP contribution < -0.4 is 15.4 Å². The maximum Gasteiger partial charge on any atom is 0.259 e. The lowest BCUT2D eigenvalue weighted by Gasteiger charge is -2.13. The number of hydrogen-bond acceptors (Lipinski definition) is 4. The second-order valence-electron chi connectivity index (χ2n) is 5.24. The van der Waals surface area contributed by atoms with Gasteiger partial charge in [0.05, 0.1) is 6.04 Å². The fourth-order valence-electron chi connectivity index (χ4n) is 2.08. The number of carbonyl (C=O) groups excluding carboxylic acids is 2. The topological polar surface area (TPSA) is 70.7 Å². The van der Waals surface area contributed by atoms with Gasteiger partial charge in [-0.05, 0) is 31.5 Å². The van der Waals surface area contributed by atoms with Gasteiger partial charge >= 0.3 is 0 Å². The summed E-state index contributed by atoms with van der Waals surface area (Å²) in [4.78, 5) is 25.0.